The van der Waals surface area contributed by atoms with Gasteiger partial charge < -0.3 is 20.3 Å². The summed E-state index contributed by atoms with van der Waals surface area (Å²) in [5.41, 5.74) is 0.854. The first kappa shape index (κ1) is 25.2. The molecule has 4 rings (SSSR count). The Balaban J connectivity index is 1.80. The molecule has 0 aliphatic carbocycles. The van der Waals surface area contributed by atoms with Crippen LogP contribution in [0.4, 0.5) is 10.3 Å². The highest BCUT2D eigenvalue weighted by Crippen LogP contribution is 2.42. The molecule has 1 aromatic carbocycles. The Morgan fingerprint density at radius 1 is 1.35 bits per heavy atom. The largest absolute Gasteiger partial charge is 0.388 e. The number of aromatic nitrogens is 3. The zero-order chi connectivity index (χ0) is 24.8. The lowest BCUT2D eigenvalue weighted by Crippen LogP contribution is -2.48. The molecule has 3 aromatic rings. The minimum absolute atomic E-state index is 0.0123. The molecule has 7 nitrogen and oxygen atoms in total. The van der Waals surface area contributed by atoms with E-state index in [1.165, 1.54) is 23.6 Å². The summed E-state index contributed by atoms with van der Waals surface area (Å²) in [7, 11) is 0. The smallest absolute Gasteiger partial charge is 0.223 e. The number of anilines is 1. The zero-order valence-electron chi connectivity index (χ0n) is 19.9. The maximum atomic E-state index is 15.2. The highest BCUT2D eigenvalue weighted by molar-refractivity contribution is 7.19. The van der Waals surface area contributed by atoms with Crippen molar-refractivity contribution in [2.75, 3.05) is 11.9 Å². The number of benzene rings is 1. The first-order chi connectivity index (χ1) is 16.0. The third-order valence-corrected chi connectivity index (χ3v) is 7.71. The molecule has 1 aliphatic heterocycles. The van der Waals surface area contributed by atoms with Gasteiger partial charge in [0.15, 0.2) is 5.82 Å². The third-order valence-electron chi connectivity index (χ3n) is 6.03. The van der Waals surface area contributed by atoms with E-state index in [9.17, 15) is 10.2 Å². The Kier molecular flexibility index (Phi) is 7.13. The molecule has 0 amide bonds. The van der Waals surface area contributed by atoms with Crippen LogP contribution < -0.4 is 5.32 Å². The number of nitrogens with zero attached hydrogens (tertiary/aromatic N) is 3. The normalized spacial score (nSPS) is 21.4. The van der Waals surface area contributed by atoms with E-state index in [4.69, 9.17) is 16.3 Å². The Morgan fingerprint density at radius 2 is 2.09 bits per heavy atom. The molecule has 1 aliphatic rings. The highest BCUT2D eigenvalue weighted by Gasteiger charge is 2.32. The molecular formula is C24H30ClFN4O3S. The van der Waals surface area contributed by atoms with E-state index in [1.807, 2.05) is 20.8 Å². The Morgan fingerprint density at radius 3 is 2.74 bits per heavy atom. The fraction of sp³-hybridized carbons (Fsp3) is 0.542. The van der Waals surface area contributed by atoms with Crippen molar-refractivity contribution in [1.29, 1.82) is 0 Å². The number of halogens is 2. The summed E-state index contributed by atoms with van der Waals surface area (Å²) in [6.07, 6.45) is 1.84. The van der Waals surface area contributed by atoms with Crippen LogP contribution in [0.1, 0.15) is 63.9 Å². The summed E-state index contributed by atoms with van der Waals surface area (Å²) < 4.78 is 21.5. The predicted octanol–water partition coefficient (Wildman–Crippen LogP) is 5.24. The van der Waals surface area contributed by atoms with Crippen molar-refractivity contribution in [2.24, 2.45) is 0 Å². The number of aliphatic hydroxyl groups is 2. The Bertz CT molecular complexity index is 1200. The van der Waals surface area contributed by atoms with E-state index < -0.39 is 17.5 Å². The van der Waals surface area contributed by atoms with Crippen LogP contribution in [-0.2, 0) is 10.3 Å². The van der Waals surface area contributed by atoms with Gasteiger partial charge in [-0.2, -0.15) is 0 Å². The van der Waals surface area contributed by atoms with Crippen LogP contribution in [0.15, 0.2) is 12.3 Å². The van der Waals surface area contributed by atoms with Crippen LogP contribution in [0.5, 0.6) is 0 Å². The van der Waals surface area contributed by atoms with Crippen molar-refractivity contribution in [3.05, 3.63) is 33.7 Å². The second-order valence-electron chi connectivity index (χ2n) is 9.47. The molecule has 0 saturated carbocycles. The second-order valence-corrected chi connectivity index (χ2v) is 10.9. The van der Waals surface area contributed by atoms with Crippen molar-refractivity contribution in [3.63, 3.8) is 0 Å². The lowest BCUT2D eigenvalue weighted by Gasteiger charge is -2.34. The predicted molar refractivity (Wildman–Crippen MR) is 133 cm³/mol. The number of rotatable bonds is 6. The van der Waals surface area contributed by atoms with Crippen LogP contribution >= 0.6 is 22.9 Å². The first-order valence-corrected chi connectivity index (χ1v) is 12.7. The van der Waals surface area contributed by atoms with Gasteiger partial charge in [-0.3, -0.25) is 0 Å². The summed E-state index contributed by atoms with van der Waals surface area (Å²) in [6, 6.07) is 1.13. The molecular weight excluding hydrogens is 479 g/mol. The molecule has 34 heavy (non-hydrogen) atoms. The van der Waals surface area contributed by atoms with E-state index in [0.29, 0.717) is 46.4 Å². The van der Waals surface area contributed by atoms with E-state index in [2.05, 4.69) is 20.3 Å². The van der Waals surface area contributed by atoms with Crippen molar-refractivity contribution >= 4 is 39.1 Å². The van der Waals surface area contributed by atoms with Gasteiger partial charge in [0.25, 0.3) is 0 Å². The fourth-order valence-electron chi connectivity index (χ4n) is 4.27. The maximum absolute atomic E-state index is 15.2. The standard InChI is InChI=1S/C24H30ClFN4O3S/c1-6-16-20(31)15(7-8-33-16)28-23-27-10-13(25)18(30-23)12-9-14(26)19-21(17(12)11(2)3)34-22(29-19)24(4,5)32/h9-11,15-16,20,31-32H,6-8H2,1-5H3,(H,27,28,30)/t15-,16+,20+/m0/s1. The second kappa shape index (κ2) is 9.62. The monoisotopic (exact) mass is 508 g/mol. The van der Waals surface area contributed by atoms with Gasteiger partial charge in [-0.1, -0.05) is 32.4 Å². The van der Waals surface area contributed by atoms with Crippen LogP contribution in [0, 0.1) is 5.82 Å². The number of thiazole rings is 1. The minimum atomic E-state index is -1.19. The highest BCUT2D eigenvalue weighted by atomic mass is 35.5. The van der Waals surface area contributed by atoms with Gasteiger partial charge in [0.1, 0.15) is 22.2 Å². The van der Waals surface area contributed by atoms with Gasteiger partial charge in [0.2, 0.25) is 5.95 Å². The van der Waals surface area contributed by atoms with Gasteiger partial charge in [0.05, 0.1) is 33.8 Å². The summed E-state index contributed by atoms with van der Waals surface area (Å²) in [5, 5.41) is 25.0. The van der Waals surface area contributed by atoms with Crippen molar-refractivity contribution in [3.8, 4) is 11.3 Å². The molecule has 1 saturated heterocycles. The average Bonchev–Trinajstić information content (AvgIpc) is 3.22. The fourth-order valence-corrected chi connectivity index (χ4v) is 5.74. The maximum Gasteiger partial charge on any atom is 0.223 e. The van der Waals surface area contributed by atoms with Gasteiger partial charge in [0, 0.05) is 12.2 Å². The van der Waals surface area contributed by atoms with E-state index in [1.54, 1.807) is 13.8 Å². The summed E-state index contributed by atoms with van der Waals surface area (Å²) in [6.45, 7) is 9.78. The quantitative estimate of drug-likeness (QED) is 0.418. The van der Waals surface area contributed by atoms with Gasteiger partial charge in [-0.15, -0.1) is 11.3 Å². The molecule has 10 heteroatoms. The van der Waals surface area contributed by atoms with E-state index in [-0.39, 0.29) is 28.6 Å². The molecule has 3 heterocycles. The lowest BCUT2D eigenvalue weighted by molar-refractivity contribution is -0.0808. The van der Waals surface area contributed by atoms with Crippen LogP contribution in [0.25, 0.3) is 21.5 Å². The number of fused-ring (bicyclic) bond motifs is 1. The van der Waals surface area contributed by atoms with E-state index in [0.717, 1.165) is 5.56 Å². The SMILES string of the molecule is CC[C@H]1OCC[C@H](Nc2ncc(Cl)c(-c3cc(F)c4nc(C(C)(C)O)sc4c3C(C)C)n2)[C@H]1O. The van der Waals surface area contributed by atoms with Crippen molar-refractivity contribution in [2.45, 2.75) is 77.2 Å². The van der Waals surface area contributed by atoms with Crippen molar-refractivity contribution < 1.29 is 19.3 Å². The van der Waals surface area contributed by atoms with Gasteiger partial charge in [-0.25, -0.2) is 19.3 Å². The van der Waals surface area contributed by atoms with Crippen LogP contribution in [0.2, 0.25) is 5.02 Å². The van der Waals surface area contributed by atoms with Gasteiger partial charge >= 0.3 is 0 Å². The first-order valence-electron chi connectivity index (χ1n) is 11.5. The molecule has 0 unspecified atom stereocenters. The summed E-state index contributed by atoms with van der Waals surface area (Å²) in [4.78, 5) is 13.3. The number of aliphatic hydroxyl groups excluding tert-OH is 1. The van der Waals surface area contributed by atoms with Crippen LogP contribution in [-0.4, -0.2) is 50.0 Å². The molecule has 1 fully saturated rings. The minimum Gasteiger partial charge on any atom is -0.388 e. The molecule has 3 N–H and O–H groups in total. The summed E-state index contributed by atoms with van der Waals surface area (Å²) >= 11 is 7.78. The zero-order valence-corrected chi connectivity index (χ0v) is 21.5. The number of hydrogen-bond acceptors (Lipinski definition) is 8. The number of ether oxygens (including phenoxy) is 1. The molecule has 3 atom stereocenters. The van der Waals surface area contributed by atoms with Crippen molar-refractivity contribution in [1.82, 2.24) is 15.0 Å². The molecule has 0 spiro atoms. The number of nitrogens with one attached hydrogen (secondary N) is 1. The Hall–Kier alpha value is -1.91. The number of hydrogen-bond donors (Lipinski definition) is 3. The average molecular weight is 509 g/mol. The molecule has 184 valence electrons. The molecule has 2 aromatic heterocycles. The van der Waals surface area contributed by atoms with E-state index >= 15 is 4.39 Å². The topological polar surface area (TPSA) is 100 Å². The Labute approximate surface area is 207 Å². The third kappa shape index (κ3) is 4.77. The lowest BCUT2D eigenvalue weighted by atomic mass is 9.94. The molecule has 0 radical (unpaired) electrons. The van der Waals surface area contributed by atoms with Gasteiger partial charge in [-0.05, 0) is 44.2 Å². The van der Waals surface area contributed by atoms with Crippen LogP contribution in [0.3, 0.4) is 0 Å². The molecule has 0 bridgehead atoms. The summed E-state index contributed by atoms with van der Waals surface area (Å²) in [5.74, 6) is -0.189.